The molecule has 1 unspecified atom stereocenters. The SMILES string of the molecule is C#CC(C)(CCCc1ccc(F)c(Nc2ccccc2)c1)c1ccc(OC(F)(F)F)cc1. The summed E-state index contributed by atoms with van der Waals surface area (Å²) in [6.45, 7) is 1.87. The zero-order valence-corrected chi connectivity index (χ0v) is 17.5. The summed E-state index contributed by atoms with van der Waals surface area (Å²) in [5.74, 6) is 2.14. The van der Waals surface area contributed by atoms with Crippen molar-refractivity contribution in [1.29, 1.82) is 0 Å². The third-order valence-electron chi connectivity index (χ3n) is 5.27. The highest BCUT2D eigenvalue weighted by atomic mass is 19.4. The Balaban J connectivity index is 1.64. The molecule has 0 saturated carbocycles. The van der Waals surface area contributed by atoms with E-state index in [1.807, 2.05) is 37.3 Å². The Morgan fingerprint density at radius 1 is 0.969 bits per heavy atom. The predicted octanol–water partition coefficient (Wildman–Crippen LogP) is 7.38. The third kappa shape index (κ3) is 6.27. The van der Waals surface area contributed by atoms with E-state index in [-0.39, 0.29) is 11.6 Å². The zero-order valence-electron chi connectivity index (χ0n) is 17.5. The van der Waals surface area contributed by atoms with Gasteiger partial charge in [0.15, 0.2) is 0 Å². The highest BCUT2D eigenvalue weighted by Crippen LogP contribution is 2.32. The van der Waals surface area contributed by atoms with Gasteiger partial charge < -0.3 is 10.1 Å². The lowest BCUT2D eigenvalue weighted by atomic mass is 9.78. The van der Waals surface area contributed by atoms with E-state index in [0.29, 0.717) is 18.5 Å². The van der Waals surface area contributed by atoms with E-state index in [1.54, 1.807) is 24.3 Å². The van der Waals surface area contributed by atoms with Crippen LogP contribution in [0.4, 0.5) is 28.9 Å². The predicted molar refractivity (Wildman–Crippen MR) is 118 cm³/mol. The highest BCUT2D eigenvalue weighted by molar-refractivity contribution is 5.60. The van der Waals surface area contributed by atoms with Crippen LogP contribution in [0.2, 0.25) is 0 Å². The monoisotopic (exact) mass is 441 g/mol. The number of rotatable bonds is 8. The first kappa shape index (κ1) is 23.2. The fraction of sp³-hybridized carbons (Fsp3) is 0.231. The second-order valence-electron chi connectivity index (χ2n) is 7.71. The van der Waals surface area contributed by atoms with Crippen LogP contribution in [0.5, 0.6) is 5.75 Å². The molecule has 0 saturated heterocycles. The maximum atomic E-state index is 14.2. The molecule has 1 atom stereocenters. The van der Waals surface area contributed by atoms with Crippen LogP contribution in [-0.2, 0) is 11.8 Å². The normalized spacial score (nSPS) is 13.1. The van der Waals surface area contributed by atoms with Crippen molar-refractivity contribution in [3.05, 3.63) is 89.7 Å². The molecule has 0 heterocycles. The lowest BCUT2D eigenvalue weighted by molar-refractivity contribution is -0.274. The van der Waals surface area contributed by atoms with E-state index in [1.165, 1.54) is 18.2 Å². The number of halogens is 4. The van der Waals surface area contributed by atoms with E-state index in [2.05, 4.69) is 16.0 Å². The van der Waals surface area contributed by atoms with Crippen LogP contribution in [0, 0.1) is 18.2 Å². The van der Waals surface area contributed by atoms with Crippen molar-refractivity contribution >= 4 is 11.4 Å². The largest absolute Gasteiger partial charge is 0.573 e. The van der Waals surface area contributed by atoms with Crippen molar-refractivity contribution < 1.29 is 22.3 Å². The standard InChI is InChI=1S/C26H23F4NO/c1-3-25(2,20-12-14-22(15-13-20)32-26(28,29)30)17-7-8-19-11-16-23(27)24(18-19)31-21-9-5-4-6-10-21/h1,4-6,9-16,18,31H,7-8,17H2,2H3. The molecule has 3 aromatic carbocycles. The van der Waals surface area contributed by atoms with Gasteiger partial charge in [0.25, 0.3) is 0 Å². The van der Waals surface area contributed by atoms with E-state index < -0.39 is 11.8 Å². The molecule has 3 rings (SSSR count). The molecule has 1 N–H and O–H groups in total. The number of hydrogen-bond acceptors (Lipinski definition) is 2. The molecule has 0 spiro atoms. The number of benzene rings is 3. The number of anilines is 2. The first-order valence-electron chi connectivity index (χ1n) is 10.1. The average molecular weight is 441 g/mol. The summed E-state index contributed by atoms with van der Waals surface area (Å²) in [6.07, 6.45) is 3.04. The summed E-state index contributed by atoms with van der Waals surface area (Å²) in [6, 6.07) is 19.9. The Bertz CT molecular complexity index is 1070. The number of para-hydroxylation sites is 1. The lowest BCUT2D eigenvalue weighted by Gasteiger charge is -2.24. The van der Waals surface area contributed by atoms with Gasteiger partial charge in [-0.25, -0.2) is 4.39 Å². The minimum absolute atomic E-state index is 0.287. The van der Waals surface area contributed by atoms with Gasteiger partial charge >= 0.3 is 6.36 Å². The summed E-state index contributed by atoms with van der Waals surface area (Å²) in [5, 5.41) is 3.08. The van der Waals surface area contributed by atoms with E-state index in [4.69, 9.17) is 6.42 Å². The van der Waals surface area contributed by atoms with Gasteiger partial charge in [0.05, 0.1) is 11.1 Å². The molecule has 3 aromatic rings. The fourth-order valence-electron chi connectivity index (χ4n) is 3.47. The van der Waals surface area contributed by atoms with Crippen molar-refractivity contribution in [3.63, 3.8) is 0 Å². The minimum atomic E-state index is -4.74. The van der Waals surface area contributed by atoms with Gasteiger partial charge in [-0.2, -0.15) is 0 Å². The van der Waals surface area contributed by atoms with Crippen LogP contribution in [-0.4, -0.2) is 6.36 Å². The third-order valence-corrected chi connectivity index (χ3v) is 5.27. The van der Waals surface area contributed by atoms with Gasteiger partial charge in [0.1, 0.15) is 11.6 Å². The maximum Gasteiger partial charge on any atom is 0.573 e. The number of alkyl halides is 3. The van der Waals surface area contributed by atoms with Crippen molar-refractivity contribution in [3.8, 4) is 18.1 Å². The quantitative estimate of drug-likeness (QED) is 0.291. The van der Waals surface area contributed by atoms with Crippen LogP contribution in [0.15, 0.2) is 72.8 Å². The van der Waals surface area contributed by atoms with Gasteiger partial charge in [0.2, 0.25) is 0 Å². The molecule has 0 aromatic heterocycles. The molecule has 0 aliphatic carbocycles. The van der Waals surface area contributed by atoms with Crippen LogP contribution >= 0.6 is 0 Å². The van der Waals surface area contributed by atoms with Crippen LogP contribution < -0.4 is 10.1 Å². The molecule has 0 aliphatic heterocycles. The first-order chi connectivity index (χ1) is 15.2. The molecule has 0 fully saturated rings. The van der Waals surface area contributed by atoms with E-state index in [9.17, 15) is 17.6 Å². The molecule has 2 nitrogen and oxygen atoms in total. The molecule has 0 bridgehead atoms. The smallest absolute Gasteiger partial charge is 0.406 e. The van der Waals surface area contributed by atoms with Crippen molar-refractivity contribution in [2.24, 2.45) is 0 Å². The average Bonchev–Trinajstić information content (AvgIpc) is 2.76. The van der Waals surface area contributed by atoms with Gasteiger partial charge in [0, 0.05) is 5.69 Å². The minimum Gasteiger partial charge on any atom is -0.406 e. The molecule has 32 heavy (non-hydrogen) atoms. The molecule has 166 valence electrons. The topological polar surface area (TPSA) is 21.3 Å². The Labute approximate surface area is 185 Å². The lowest BCUT2D eigenvalue weighted by Crippen LogP contribution is -2.20. The number of ether oxygens (including phenoxy) is 1. The van der Waals surface area contributed by atoms with Crippen LogP contribution in [0.25, 0.3) is 0 Å². The number of terminal acetylenes is 1. The molecule has 0 amide bonds. The number of nitrogens with one attached hydrogen (secondary N) is 1. The van der Waals surface area contributed by atoms with Gasteiger partial charge in [-0.05, 0) is 73.7 Å². The number of hydrogen-bond donors (Lipinski definition) is 1. The maximum absolute atomic E-state index is 14.2. The first-order valence-corrected chi connectivity index (χ1v) is 10.1. The van der Waals surface area contributed by atoms with Crippen LogP contribution in [0.3, 0.4) is 0 Å². The Kier molecular flexibility index (Phi) is 7.09. The van der Waals surface area contributed by atoms with Gasteiger partial charge in [-0.3, -0.25) is 0 Å². The molecule has 6 heteroatoms. The van der Waals surface area contributed by atoms with Gasteiger partial charge in [-0.15, -0.1) is 19.6 Å². The van der Waals surface area contributed by atoms with Crippen molar-refractivity contribution in [1.82, 2.24) is 0 Å². The summed E-state index contributed by atoms with van der Waals surface area (Å²) < 4.78 is 55.2. The molecular weight excluding hydrogens is 418 g/mol. The summed E-state index contributed by atoms with van der Waals surface area (Å²) in [5.41, 5.74) is 2.23. The second-order valence-corrected chi connectivity index (χ2v) is 7.71. The van der Waals surface area contributed by atoms with Crippen molar-refractivity contribution in [2.45, 2.75) is 38.0 Å². The Hall–Kier alpha value is -3.46. The second kappa shape index (κ2) is 9.78. The molecule has 0 aliphatic rings. The zero-order chi connectivity index (χ0) is 23.2. The van der Waals surface area contributed by atoms with E-state index in [0.717, 1.165) is 23.2 Å². The Morgan fingerprint density at radius 3 is 2.28 bits per heavy atom. The molecule has 0 radical (unpaired) electrons. The fourth-order valence-corrected chi connectivity index (χ4v) is 3.47. The highest BCUT2D eigenvalue weighted by Gasteiger charge is 2.31. The Morgan fingerprint density at radius 2 is 1.66 bits per heavy atom. The van der Waals surface area contributed by atoms with Gasteiger partial charge in [-0.1, -0.05) is 42.3 Å². The van der Waals surface area contributed by atoms with Crippen molar-refractivity contribution in [2.75, 3.05) is 5.32 Å². The van der Waals surface area contributed by atoms with E-state index >= 15 is 0 Å². The molecular formula is C26H23F4NO. The number of aryl methyl sites for hydroxylation is 1. The summed E-state index contributed by atoms with van der Waals surface area (Å²) >= 11 is 0. The summed E-state index contributed by atoms with van der Waals surface area (Å²) in [4.78, 5) is 0. The summed E-state index contributed by atoms with van der Waals surface area (Å²) in [7, 11) is 0. The van der Waals surface area contributed by atoms with Crippen LogP contribution in [0.1, 0.15) is 30.9 Å².